The molecule has 15 heavy (non-hydrogen) atoms. The van der Waals surface area contributed by atoms with Gasteiger partial charge in [-0.3, -0.25) is 8.37 Å². The molecule has 0 bridgehead atoms. The monoisotopic (exact) mass is 226 g/mol. The number of aryl methyl sites for hydroxylation is 1. The van der Waals surface area contributed by atoms with Gasteiger partial charge in [0.1, 0.15) is 0 Å². The zero-order valence-corrected chi connectivity index (χ0v) is 9.46. The van der Waals surface area contributed by atoms with Crippen LogP contribution in [0.4, 0.5) is 0 Å². The Morgan fingerprint density at radius 2 is 1.87 bits per heavy atom. The molecule has 0 aliphatic carbocycles. The molecule has 0 aromatic heterocycles. The van der Waals surface area contributed by atoms with Gasteiger partial charge in [0, 0.05) is 5.92 Å². The van der Waals surface area contributed by atoms with Crippen molar-refractivity contribution < 1.29 is 12.6 Å². The highest BCUT2D eigenvalue weighted by atomic mass is 32.2. The van der Waals surface area contributed by atoms with Crippen molar-refractivity contribution >= 4 is 11.4 Å². The van der Waals surface area contributed by atoms with Crippen molar-refractivity contribution in [1.29, 1.82) is 0 Å². The van der Waals surface area contributed by atoms with E-state index in [0.717, 1.165) is 6.42 Å². The molecule has 1 aliphatic heterocycles. The fourth-order valence-corrected chi connectivity index (χ4v) is 2.19. The van der Waals surface area contributed by atoms with Crippen LogP contribution < -0.4 is 0 Å². The van der Waals surface area contributed by atoms with Crippen LogP contribution >= 0.6 is 0 Å². The first kappa shape index (κ1) is 10.8. The van der Waals surface area contributed by atoms with Gasteiger partial charge >= 0.3 is 11.4 Å². The van der Waals surface area contributed by atoms with Crippen LogP contribution in [0.5, 0.6) is 0 Å². The third-order valence-corrected chi connectivity index (χ3v) is 3.25. The highest BCUT2D eigenvalue weighted by Crippen LogP contribution is 2.21. The van der Waals surface area contributed by atoms with Gasteiger partial charge in [0.25, 0.3) is 0 Å². The largest absolute Gasteiger partial charge is 0.304 e. The minimum absolute atomic E-state index is 0.202. The summed E-state index contributed by atoms with van der Waals surface area (Å²) in [6.07, 6.45) is 1.04. The Bertz CT molecular complexity index is 337. The van der Waals surface area contributed by atoms with Gasteiger partial charge in [-0.05, 0) is 17.5 Å². The lowest BCUT2D eigenvalue weighted by Crippen LogP contribution is -2.22. The van der Waals surface area contributed by atoms with Gasteiger partial charge in [-0.15, -0.1) is 0 Å². The summed E-state index contributed by atoms with van der Waals surface area (Å²) >= 11 is -1.54. The van der Waals surface area contributed by atoms with E-state index in [-0.39, 0.29) is 5.92 Å². The molecule has 1 aromatic rings. The molecule has 82 valence electrons. The van der Waals surface area contributed by atoms with E-state index < -0.39 is 11.4 Å². The van der Waals surface area contributed by atoms with Gasteiger partial charge < -0.3 is 0 Å². The average Bonchev–Trinajstić information content (AvgIpc) is 2.30. The molecule has 0 radical (unpaired) electrons. The Labute approximate surface area is 92.3 Å². The molecule has 1 aliphatic rings. The zero-order chi connectivity index (χ0) is 10.7. The Balaban J connectivity index is 2.06. The van der Waals surface area contributed by atoms with Gasteiger partial charge in [-0.25, -0.2) is 0 Å². The predicted molar refractivity (Wildman–Crippen MR) is 58.6 cm³/mol. The first-order valence-electron chi connectivity index (χ1n) is 5.06. The first-order chi connectivity index (χ1) is 7.29. The smallest absolute Gasteiger partial charge is 0.268 e. The molecule has 2 rings (SSSR count). The minimum atomic E-state index is -1.54. The fraction of sp³-hybridized carbons (Fsp3) is 0.455. The highest BCUT2D eigenvalue weighted by molar-refractivity contribution is 7.75. The van der Waals surface area contributed by atoms with E-state index in [2.05, 4.69) is 31.2 Å². The standard InChI is InChI=1S/C11H14O3S/c1-2-9-3-5-10(6-4-9)11-7-13-15(12)14-8-11/h3-6,11H,2,7-8H2,1H3. The lowest BCUT2D eigenvalue weighted by molar-refractivity contribution is 0.160. The summed E-state index contributed by atoms with van der Waals surface area (Å²) in [5.41, 5.74) is 2.50. The average molecular weight is 226 g/mol. The molecule has 1 saturated heterocycles. The van der Waals surface area contributed by atoms with Gasteiger partial charge in [-0.2, -0.15) is 4.21 Å². The second-order valence-electron chi connectivity index (χ2n) is 3.57. The Hall–Kier alpha value is -0.710. The topological polar surface area (TPSA) is 35.5 Å². The van der Waals surface area contributed by atoms with Crippen molar-refractivity contribution in [3.63, 3.8) is 0 Å². The molecule has 0 spiro atoms. The van der Waals surface area contributed by atoms with Crippen LogP contribution in [0.3, 0.4) is 0 Å². The number of hydrogen-bond donors (Lipinski definition) is 0. The summed E-state index contributed by atoms with van der Waals surface area (Å²) in [6.45, 7) is 3.07. The van der Waals surface area contributed by atoms with E-state index in [9.17, 15) is 4.21 Å². The Morgan fingerprint density at radius 1 is 1.27 bits per heavy atom. The van der Waals surface area contributed by atoms with Crippen molar-refractivity contribution in [3.05, 3.63) is 35.4 Å². The minimum Gasteiger partial charge on any atom is -0.268 e. The molecule has 0 amide bonds. The summed E-state index contributed by atoms with van der Waals surface area (Å²) in [7, 11) is 0. The van der Waals surface area contributed by atoms with Crippen LogP contribution in [-0.4, -0.2) is 17.4 Å². The second-order valence-corrected chi connectivity index (χ2v) is 4.44. The summed E-state index contributed by atoms with van der Waals surface area (Å²) in [5, 5.41) is 0. The van der Waals surface area contributed by atoms with Gasteiger partial charge in [0.05, 0.1) is 13.2 Å². The van der Waals surface area contributed by atoms with Crippen LogP contribution in [0, 0.1) is 0 Å². The number of benzene rings is 1. The zero-order valence-electron chi connectivity index (χ0n) is 8.64. The van der Waals surface area contributed by atoms with E-state index in [0.29, 0.717) is 13.2 Å². The van der Waals surface area contributed by atoms with Crippen LogP contribution in [0.1, 0.15) is 24.0 Å². The van der Waals surface area contributed by atoms with E-state index in [4.69, 9.17) is 8.37 Å². The molecule has 1 fully saturated rings. The third-order valence-electron chi connectivity index (χ3n) is 2.59. The number of rotatable bonds is 2. The summed E-state index contributed by atoms with van der Waals surface area (Å²) < 4.78 is 20.7. The normalized spacial score (nSPS) is 26.5. The van der Waals surface area contributed by atoms with Crippen molar-refractivity contribution in [3.8, 4) is 0 Å². The van der Waals surface area contributed by atoms with Gasteiger partial charge in [-0.1, -0.05) is 31.2 Å². The Kier molecular flexibility index (Phi) is 3.51. The van der Waals surface area contributed by atoms with Crippen molar-refractivity contribution in [2.45, 2.75) is 19.3 Å². The summed E-state index contributed by atoms with van der Waals surface area (Å²) in [6, 6.07) is 8.40. The predicted octanol–water partition coefficient (Wildman–Crippen LogP) is 1.96. The molecule has 0 atom stereocenters. The van der Waals surface area contributed by atoms with E-state index >= 15 is 0 Å². The molecular formula is C11H14O3S. The van der Waals surface area contributed by atoms with Gasteiger partial charge in [0.15, 0.2) is 0 Å². The Morgan fingerprint density at radius 3 is 2.40 bits per heavy atom. The van der Waals surface area contributed by atoms with Crippen LogP contribution in [0.25, 0.3) is 0 Å². The SMILES string of the molecule is CCc1ccc(C2COS(=O)OC2)cc1. The molecule has 0 unspecified atom stereocenters. The molecule has 0 saturated carbocycles. The molecular weight excluding hydrogens is 212 g/mol. The summed E-state index contributed by atoms with van der Waals surface area (Å²) in [5.74, 6) is 0.202. The molecule has 0 N–H and O–H groups in total. The van der Waals surface area contributed by atoms with E-state index in [1.807, 2.05) is 0 Å². The second kappa shape index (κ2) is 4.88. The van der Waals surface area contributed by atoms with Crippen LogP contribution in [-0.2, 0) is 26.1 Å². The summed E-state index contributed by atoms with van der Waals surface area (Å²) in [4.78, 5) is 0. The maximum Gasteiger partial charge on any atom is 0.304 e. The van der Waals surface area contributed by atoms with E-state index in [1.54, 1.807) is 0 Å². The van der Waals surface area contributed by atoms with Crippen LogP contribution in [0.15, 0.2) is 24.3 Å². The highest BCUT2D eigenvalue weighted by Gasteiger charge is 2.20. The van der Waals surface area contributed by atoms with Gasteiger partial charge in [0.2, 0.25) is 0 Å². The molecule has 4 heteroatoms. The molecule has 1 aromatic carbocycles. The molecule has 3 nitrogen and oxygen atoms in total. The van der Waals surface area contributed by atoms with E-state index in [1.165, 1.54) is 11.1 Å². The maximum absolute atomic E-state index is 10.8. The quantitative estimate of drug-likeness (QED) is 0.773. The lowest BCUT2D eigenvalue weighted by Gasteiger charge is -2.21. The lowest BCUT2D eigenvalue weighted by atomic mass is 9.99. The maximum atomic E-state index is 10.8. The van der Waals surface area contributed by atoms with Crippen molar-refractivity contribution in [1.82, 2.24) is 0 Å². The van der Waals surface area contributed by atoms with Crippen molar-refractivity contribution in [2.75, 3.05) is 13.2 Å². The third kappa shape index (κ3) is 2.65. The first-order valence-corrected chi connectivity index (χ1v) is 6.06. The fourth-order valence-electron chi connectivity index (χ4n) is 1.58. The molecule has 1 heterocycles. The van der Waals surface area contributed by atoms with Crippen LogP contribution in [0.2, 0.25) is 0 Å². The number of hydrogen-bond acceptors (Lipinski definition) is 3. The van der Waals surface area contributed by atoms with Crippen molar-refractivity contribution in [2.24, 2.45) is 0 Å².